The summed E-state index contributed by atoms with van der Waals surface area (Å²) in [6.07, 6.45) is 0.791. The Kier molecular flexibility index (Phi) is 6.95. The Labute approximate surface area is 194 Å². The minimum atomic E-state index is -4.07. The van der Waals surface area contributed by atoms with Crippen LogP contribution in [0.3, 0.4) is 0 Å². The summed E-state index contributed by atoms with van der Waals surface area (Å²) >= 11 is 2.62. The molecule has 1 unspecified atom stereocenters. The number of unbranched alkanes of at least 4 members (excludes halogenated alkanes) is 1. The summed E-state index contributed by atoms with van der Waals surface area (Å²) in [7, 11) is -4.07. The average molecular weight is 553 g/mol. The first-order valence-electron chi connectivity index (χ1n) is 9.26. The third-order valence-electron chi connectivity index (χ3n) is 4.80. The minimum Gasteiger partial charge on any atom is -0.285 e. The van der Waals surface area contributed by atoms with Crippen LogP contribution in [0.2, 0.25) is 0 Å². The number of benzene rings is 2. The Balaban J connectivity index is 1.82. The third kappa shape index (κ3) is 4.58. The highest BCUT2D eigenvalue weighted by Crippen LogP contribution is 2.44. The summed E-state index contributed by atoms with van der Waals surface area (Å²) in [6, 6.07) is 12.3. The van der Waals surface area contributed by atoms with Crippen molar-refractivity contribution in [2.75, 3.05) is 0 Å². The van der Waals surface area contributed by atoms with Gasteiger partial charge in [-0.05, 0) is 103 Å². The lowest BCUT2D eigenvalue weighted by atomic mass is 10.1. The molecule has 1 atom stereocenters. The Morgan fingerprint density at radius 3 is 2.43 bits per heavy atom. The number of imide groups is 1. The van der Waals surface area contributed by atoms with Crippen molar-refractivity contribution in [2.45, 2.75) is 42.1 Å². The van der Waals surface area contributed by atoms with Crippen LogP contribution in [0.25, 0.3) is 0 Å². The molecular formula is C22H20INO4S2. The van der Waals surface area contributed by atoms with Gasteiger partial charge in [-0.15, -0.1) is 0 Å². The number of rotatable bonds is 5. The van der Waals surface area contributed by atoms with Crippen molar-refractivity contribution < 1.29 is 18.0 Å². The molecule has 1 heterocycles. The van der Waals surface area contributed by atoms with Crippen molar-refractivity contribution >= 4 is 55.3 Å². The van der Waals surface area contributed by atoms with E-state index < -0.39 is 25.1 Å². The molecule has 0 radical (unpaired) electrons. The molecule has 30 heavy (non-hydrogen) atoms. The van der Waals surface area contributed by atoms with E-state index in [-0.39, 0.29) is 11.3 Å². The molecule has 1 aliphatic rings. The maximum Gasteiger partial charge on any atom is 0.287 e. The lowest BCUT2D eigenvalue weighted by molar-refractivity contribution is -0.120. The molecule has 1 saturated heterocycles. The summed E-state index contributed by atoms with van der Waals surface area (Å²) < 4.78 is 25.7. The number of nitrogens with one attached hydrogen (secondary N) is 1. The smallest absolute Gasteiger partial charge is 0.285 e. The van der Waals surface area contributed by atoms with Gasteiger partial charge in [-0.1, -0.05) is 24.0 Å². The fraction of sp³-hybridized carbons (Fsp3) is 0.273. The van der Waals surface area contributed by atoms with Crippen molar-refractivity contribution in [1.82, 2.24) is 5.32 Å². The van der Waals surface area contributed by atoms with E-state index in [1.165, 1.54) is 12.1 Å². The largest absolute Gasteiger partial charge is 0.287 e. The summed E-state index contributed by atoms with van der Waals surface area (Å²) in [5, 5.41) is 1.50. The number of hydrogen-bond acceptors (Lipinski definition) is 5. The van der Waals surface area contributed by atoms with Gasteiger partial charge in [0.25, 0.3) is 11.1 Å². The highest BCUT2D eigenvalue weighted by molar-refractivity contribution is 14.1. The summed E-state index contributed by atoms with van der Waals surface area (Å²) in [4.78, 5) is 24.5. The maximum absolute atomic E-state index is 13.3. The molecule has 2 aromatic rings. The monoisotopic (exact) mass is 553 g/mol. The molecule has 8 heteroatoms. The van der Waals surface area contributed by atoms with Crippen molar-refractivity contribution in [2.24, 2.45) is 0 Å². The van der Waals surface area contributed by atoms with Crippen LogP contribution in [-0.4, -0.2) is 23.6 Å². The fourth-order valence-corrected chi connectivity index (χ4v) is 6.86. The number of hydrogen-bond donors (Lipinski definition) is 1. The zero-order valence-electron chi connectivity index (χ0n) is 16.5. The molecule has 1 aliphatic heterocycles. The molecule has 2 aromatic carbocycles. The number of thioether (sulfide) groups is 1. The maximum atomic E-state index is 13.3. The first-order chi connectivity index (χ1) is 14.2. The van der Waals surface area contributed by atoms with Crippen LogP contribution in [0.5, 0.6) is 0 Å². The first kappa shape index (κ1) is 22.8. The van der Waals surface area contributed by atoms with Gasteiger partial charge in [-0.2, -0.15) is 0 Å². The van der Waals surface area contributed by atoms with Crippen molar-refractivity contribution in [3.05, 3.63) is 62.7 Å². The predicted octanol–water partition coefficient (Wildman–Crippen LogP) is 4.58. The zero-order chi connectivity index (χ0) is 21.9. The molecule has 5 nitrogen and oxygen atoms in total. The van der Waals surface area contributed by atoms with Gasteiger partial charge >= 0.3 is 0 Å². The van der Waals surface area contributed by atoms with E-state index in [1.807, 2.05) is 32.0 Å². The van der Waals surface area contributed by atoms with Crippen LogP contribution in [0.4, 0.5) is 4.79 Å². The molecule has 0 aliphatic carbocycles. The number of amides is 2. The highest BCUT2D eigenvalue weighted by atomic mass is 127. The van der Waals surface area contributed by atoms with Gasteiger partial charge in [0.1, 0.15) is 0 Å². The molecule has 2 amide bonds. The van der Waals surface area contributed by atoms with Crippen LogP contribution >= 0.6 is 34.4 Å². The van der Waals surface area contributed by atoms with Gasteiger partial charge in [0, 0.05) is 15.6 Å². The molecule has 0 spiro atoms. The van der Waals surface area contributed by atoms with E-state index in [1.54, 1.807) is 12.1 Å². The van der Waals surface area contributed by atoms with Crippen LogP contribution < -0.4 is 5.32 Å². The van der Waals surface area contributed by atoms with Crippen LogP contribution in [0.1, 0.15) is 36.0 Å². The van der Waals surface area contributed by atoms with E-state index in [2.05, 4.69) is 39.7 Å². The first-order valence-corrected chi connectivity index (χ1v) is 12.6. The van der Waals surface area contributed by atoms with E-state index >= 15 is 0 Å². The molecule has 1 N–H and O–H groups in total. The number of sulfone groups is 1. The molecule has 156 valence electrons. The minimum absolute atomic E-state index is 0.00500. The van der Waals surface area contributed by atoms with Gasteiger partial charge in [-0.25, -0.2) is 8.42 Å². The second kappa shape index (κ2) is 9.12. The SMILES string of the molecule is Cc1ccc(C)c(C#CCCCC2(S(=O)(=O)c3ccc(I)cc3)SC(=O)NC2=O)c1. The molecule has 0 saturated carbocycles. The number of halogens is 1. The normalized spacial score (nSPS) is 18.6. The Morgan fingerprint density at radius 1 is 1.10 bits per heavy atom. The fourth-order valence-electron chi connectivity index (χ4n) is 3.13. The number of carbonyl (C=O) groups is 2. The average Bonchev–Trinajstić information content (AvgIpc) is 2.99. The highest BCUT2D eigenvalue weighted by Gasteiger charge is 2.57. The van der Waals surface area contributed by atoms with Gasteiger partial charge in [-0.3, -0.25) is 14.9 Å². The van der Waals surface area contributed by atoms with Crippen molar-refractivity contribution in [3.8, 4) is 11.8 Å². The van der Waals surface area contributed by atoms with Crippen LogP contribution in [0, 0.1) is 29.3 Å². The molecule has 3 rings (SSSR count). The Bertz CT molecular complexity index is 1160. The van der Waals surface area contributed by atoms with Gasteiger partial charge < -0.3 is 0 Å². The number of carbonyl (C=O) groups excluding carboxylic acids is 2. The van der Waals surface area contributed by atoms with E-state index in [9.17, 15) is 18.0 Å². The van der Waals surface area contributed by atoms with Gasteiger partial charge in [0.05, 0.1) is 4.90 Å². The van der Waals surface area contributed by atoms with E-state index in [0.29, 0.717) is 24.6 Å². The molecule has 0 aromatic heterocycles. The van der Waals surface area contributed by atoms with Gasteiger partial charge in [0.2, 0.25) is 13.9 Å². The summed E-state index contributed by atoms with van der Waals surface area (Å²) in [5.41, 5.74) is 3.12. The predicted molar refractivity (Wildman–Crippen MR) is 127 cm³/mol. The van der Waals surface area contributed by atoms with E-state index in [4.69, 9.17) is 0 Å². The lowest BCUT2D eigenvalue weighted by Gasteiger charge is -2.24. The second-order valence-electron chi connectivity index (χ2n) is 7.03. The standard InChI is InChI=1S/C22H20INO4S2/c1-15-7-8-16(2)17(14-15)6-4-3-5-13-22(20(25)24-21(26)29-22)30(27,28)19-11-9-18(23)10-12-19/h7-12,14H,3,5,13H2,1-2H3,(H,24,25,26). The molecule has 0 bridgehead atoms. The quantitative estimate of drug-likeness (QED) is 0.333. The Hall–Kier alpha value is -1.83. The topological polar surface area (TPSA) is 80.3 Å². The van der Waals surface area contributed by atoms with Crippen molar-refractivity contribution in [1.29, 1.82) is 0 Å². The molecule has 1 fully saturated rings. The number of aryl methyl sites for hydroxylation is 2. The third-order valence-corrected chi connectivity index (χ3v) is 9.59. The molecular weight excluding hydrogens is 533 g/mol. The Morgan fingerprint density at radius 2 is 1.80 bits per heavy atom. The van der Waals surface area contributed by atoms with E-state index in [0.717, 1.165) is 20.3 Å². The van der Waals surface area contributed by atoms with Crippen molar-refractivity contribution in [3.63, 3.8) is 0 Å². The lowest BCUT2D eigenvalue weighted by Crippen LogP contribution is -2.43. The van der Waals surface area contributed by atoms with Gasteiger partial charge in [0.15, 0.2) is 0 Å². The van der Waals surface area contributed by atoms with Crippen LogP contribution in [-0.2, 0) is 14.6 Å². The zero-order valence-corrected chi connectivity index (χ0v) is 20.3. The van der Waals surface area contributed by atoms with Crippen LogP contribution in [0.15, 0.2) is 47.4 Å². The summed E-state index contributed by atoms with van der Waals surface area (Å²) in [6.45, 7) is 3.98. The second-order valence-corrected chi connectivity index (χ2v) is 12.0. The summed E-state index contributed by atoms with van der Waals surface area (Å²) in [5.74, 6) is 5.40.